The number of anilines is 1. The Bertz CT molecular complexity index is 1450. The second kappa shape index (κ2) is 11.4. The molecule has 9 nitrogen and oxygen atoms in total. The van der Waals surface area contributed by atoms with Gasteiger partial charge in [-0.25, -0.2) is 0 Å². The molecule has 4 aromatic heterocycles. The number of Topliss-reactive ketones (excluding diaryl/α,β-unsaturated/α-hetero) is 2. The lowest BCUT2D eigenvalue weighted by Gasteiger charge is -2.13. The van der Waals surface area contributed by atoms with E-state index >= 15 is 0 Å². The van der Waals surface area contributed by atoms with Gasteiger partial charge in [-0.3, -0.25) is 19.6 Å². The van der Waals surface area contributed by atoms with Gasteiger partial charge in [-0.2, -0.15) is 10.2 Å². The normalized spacial score (nSPS) is 16.9. The molecule has 4 aromatic rings. The summed E-state index contributed by atoms with van der Waals surface area (Å²) in [5, 5.41) is 18.4. The van der Waals surface area contributed by atoms with Crippen LogP contribution in [-0.2, 0) is 24.1 Å². The summed E-state index contributed by atoms with van der Waals surface area (Å²) in [4.78, 5) is 36.0. The molecule has 10 heteroatoms. The van der Waals surface area contributed by atoms with Crippen molar-refractivity contribution in [3.63, 3.8) is 0 Å². The first-order valence-electron chi connectivity index (χ1n) is 13.4. The number of carbonyl (C=O) groups excluding carboxylic acids is 2. The molecule has 0 unspecified atom stereocenters. The van der Waals surface area contributed by atoms with Gasteiger partial charge in [0.15, 0.2) is 10.8 Å². The van der Waals surface area contributed by atoms with Crippen molar-refractivity contribution in [3.05, 3.63) is 88.2 Å². The van der Waals surface area contributed by atoms with Crippen LogP contribution in [0.1, 0.15) is 75.7 Å². The summed E-state index contributed by atoms with van der Waals surface area (Å²) in [7, 11) is 0. The number of carbonyl (C=O) groups is 2. The molecule has 2 aliphatic rings. The van der Waals surface area contributed by atoms with Gasteiger partial charge in [-0.05, 0) is 73.6 Å². The molecule has 1 aliphatic carbocycles. The summed E-state index contributed by atoms with van der Waals surface area (Å²) in [6.45, 7) is 1.56. The van der Waals surface area contributed by atoms with Gasteiger partial charge in [0.2, 0.25) is 5.13 Å². The van der Waals surface area contributed by atoms with E-state index in [1.807, 2.05) is 36.5 Å². The van der Waals surface area contributed by atoms with Crippen LogP contribution in [0.3, 0.4) is 0 Å². The second-order valence-electron chi connectivity index (χ2n) is 10.3. The molecular weight excluding hydrogens is 510 g/mol. The van der Waals surface area contributed by atoms with Crippen LogP contribution in [0.5, 0.6) is 0 Å². The molecule has 39 heavy (non-hydrogen) atoms. The third-order valence-corrected chi connectivity index (χ3v) is 8.28. The summed E-state index contributed by atoms with van der Waals surface area (Å²) in [5.41, 5.74) is 4.62. The molecule has 0 bridgehead atoms. The van der Waals surface area contributed by atoms with E-state index in [9.17, 15) is 9.59 Å². The fourth-order valence-corrected chi connectivity index (χ4v) is 5.78. The van der Waals surface area contributed by atoms with E-state index in [0.717, 1.165) is 41.7 Å². The minimum atomic E-state index is 0.00664. The highest BCUT2D eigenvalue weighted by molar-refractivity contribution is 7.17. The molecule has 0 radical (unpaired) electrons. The van der Waals surface area contributed by atoms with E-state index in [1.54, 1.807) is 6.20 Å². The van der Waals surface area contributed by atoms with Crippen molar-refractivity contribution < 1.29 is 9.59 Å². The number of ketones is 2. The first-order valence-corrected chi connectivity index (χ1v) is 14.2. The van der Waals surface area contributed by atoms with E-state index in [2.05, 4.69) is 47.4 Å². The van der Waals surface area contributed by atoms with E-state index < -0.39 is 0 Å². The Morgan fingerprint density at radius 1 is 0.846 bits per heavy atom. The zero-order chi connectivity index (χ0) is 26.6. The molecule has 0 aromatic carbocycles. The summed E-state index contributed by atoms with van der Waals surface area (Å²) in [5.74, 6) is 0.955. The lowest BCUT2D eigenvalue weighted by Crippen LogP contribution is -2.19. The molecule has 198 valence electrons. The first-order chi connectivity index (χ1) is 19.1. The molecule has 6 rings (SSSR count). The Morgan fingerprint density at radius 3 is 2.51 bits per heavy atom. The van der Waals surface area contributed by atoms with E-state index in [4.69, 9.17) is 0 Å². The predicted octanol–water partition coefficient (Wildman–Crippen LogP) is 4.16. The highest BCUT2D eigenvalue weighted by atomic mass is 32.1. The van der Waals surface area contributed by atoms with Crippen LogP contribution in [0.2, 0.25) is 0 Å². The molecule has 1 aliphatic heterocycles. The first kappa shape index (κ1) is 25.4. The Balaban J connectivity index is 1.000. The number of aromatic nitrogens is 6. The molecular formula is C29H29N7O2S. The Hall–Kier alpha value is -3.92. The maximum absolute atomic E-state index is 12.8. The van der Waals surface area contributed by atoms with Gasteiger partial charge >= 0.3 is 0 Å². The highest BCUT2D eigenvalue weighted by Gasteiger charge is 2.28. The number of pyridine rings is 2. The highest BCUT2D eigenvalue weighted by Crippen LogP contribution is 2.40. The molecule has 0 spiro atoms. The van der Waals surface area contributed by atoms with E-state index in [1.165, 1.54) is 29.7 Å². The SMILES string of the molecule is O=C(Cc1ccccn1)Cc1ccc([C@@H]2CCN(c3nnc(C(=O)CCc4cc(C5CC5)ccn4)s3)C2)nn1. The lowest BCUT2D eigenvalue weighted by atomic mass is 10.0. The summed E-state index contributed by atoms with van der Waals surface area (Å²) < 4.78 is 0. The van der Waals surface area contributed by atoms with Gasteiger partial charge in [-0.1, -0.05) is 17.4 Å². The molecule has 1 saturated carbocycles. The third kappa shape index (κ3) is 6.39. The average molecular weight is 540 g/mol. The van der Waals surface area contributed by atoms with Gasteiger partial charge < -0.3 is 4.90 Å². The monoisotopic (exact) mass is 539 g/mol. The van der Waals surface area contributed by atoms with Crippen molar-refractivity contribution in [1.82, 2.24) is 30.4 Å². The zero-order valence-electron chi connectivity index (χ0n) is 21.6. The zero-order valence-corrected chi connectivity index (χ0v) is 22.4. The smallest absolute Gasteiger partial charge is 0.208 e. The van der Waals surface area contributed by atoms with E-state index in [0.29, 0.717) is 35.9 Å². The Kier molecular flexibility index (Phi) is 7.44. The summed E-state index contributed by atoms with van der Waals surface area (Å²) >= 11 is 1.35. The van der Waals surface area contributed by atoms with Crippen LogP contribution in [0.25, 0.3) is 0 Å². The Morgan fingerprint density at radius 2 is 1.72 bits per heavy atom. The lowest BCUT2D eigenvalue weighted by molar-refractivity contribution is -0.117. The number of hydrogen-bond acceptors (Lipinski definition) is 10. The Labute approximate surface area is 230 Å². The maximum Gasteiger partial charge on any atom is 0.208 e. The fraction of sp³-hybridized carbons (Fsp3) is 0.379. The van der Waals surface area contributed by atoms with Crippen LogP contribution in [0, 0.1) is 0 Å². The largest absolute Gasteiger partial charge is 0.346 e. The maximum atomic E-state index is 12.8. The molecule has 1 atom stereocenters. The molecule has 0 N–H and O–H groups in total. The van der Waals surface area contributed by atoms with E-state index in [-0.39, 0.29) is 23.9 Å². The molecule has 0 amide bonds. The van der Waals surface area contributed by atoms with Crippen LogP contribution in [0.15, 0.2) is 54.9 Å². The van der Waals surface area contributed by atoms with Crippen molar-refractivity contribution >= 4 is 28.0 Å². The molecule has 2 fully saturated rings. The standard InChI is InChI=1S/C29H29N7O2S/c37-25(16-22-3-1-2-12-30-22)17-24-6-8-26(33-32-24)21-11-14-36(18-21)29-35-34-28(39-29)27(38)9-7-23-15-20(10-13-31-23)19-4-5-19/h1-3,6,8,10,12-13,15,19,21H,4-5,7,9,11,14,16-18H2/t21-/m1/s1. The fourth-order valence-electron chi connectivity index (χ4n) is 4.94. The number of nitrogens with zero attached hydrogens (tertiary/aromatic N) is 7. The van der Waals surface area contributed by atoms with Crippen LogP contribution < -0.4 is 4.90 Å². The van der Waals surface area contributed by atoms with Crippen molar-refractivity contribution in [2.75, 3.05) is 18.0 Å². The van der Waals surface area contributed by atoms with Crippen molar-refractivity contribution in [1.29, 1.82) is 0 Å². The van der Waals surface area contributed by atoms with Crippen LogP contribution in [0.4, 0.5) is 5.13 Å². The van der Waals surface area contributed by atoms with Gasteiger partial charge in [0, 0.05) is 55.6 Å². The quantitative estimate of drug-likeness (QED) is 0.259. The van der Waals surface area contributed by atoms with Crippen molar-refractivity contribution in [3.8, 4) is 0 Å². The summed E-state index contributed by atoms with van der Waals surface area (Å²) in [6, 6.07) is 13.6. The van der Waals surface area contributed by atoms with Gasteiger partial charge in [0.25, 0.3) is 0 Å². The number of rotatable bonds is 11. The average Bonchev–Trinajstić information content (AvgIpc) is 3.48. The predicted molar refractivity (Wildman–Crippen MR) is 147 cm³/mol. The minimum absolute atomic E-state index is 0.00664. The summed E-state index contributed by atoms with van der Waals surface area (Å²) in [6.07, 6.45) is 8.48. The number of aryl methyl sites for hydroxylation is 1. The van der Waals surface area contributed by atoms with Crippen LogP contribution in [-0.4, -0.2) is 55.0 Å². The van der Waals surface area contributed by atoms with Crippen LogP contribution >= 0.6 is 11.3 Å². The van der Waals surface area contributed by atoms with Gasteiger partial charge in [0.1, 0.15) is 5.78 Å². The topological polar surface area (TPSA) is 115 Å². The third-order valence-electron chi connectivity index (χ3n) is 7.25. The second-order valence-corrected chi connectivity index (χ2v) is 11.2. The van der Waals surface area contributed by atoms with Gasteiger partial charge in [-0.15, -0.1) is 10.2 Å². The van der Waals surface area contributed by atoms with Crippen molar-refractivity contribution in [2.24, 2.45) is 0 Å². The van der Waals surface area contributed by atoms with Crippen molar-refractivity contribution in [2.45, 2.75) is 56.8 Å². The molecule has 5 heterocycles. The number of hydrogen-bond donors (Lipinski definition) is 0. The minimum Gasteiger partial charge on any atom is -0.346 e. The molecule has 1 saturated heterocycles. The van der Waals surface area contributed by atoms with Gasteiger partial charge in [0.05, 0.1) is 17.8 Å².